The second-order valence-electron chi connectivity index (χ2n) is 4.81. The van der Waals surface area contributed by atoms with Crippen molar-refractivity contribution in [1.29, 1.82) is 0 Å². The molecule has 1 aliphatic carbocycles. The molecule has 1 aliphatic rings. The van der Waals surface area contributed by atoms with Crippen molar-refractivity contribution in [3.05, 3.63) is 29.8 Å². The zero-order valence-corrected chi connectivity index (χ0v) is 10.7. The highest BCUT2D eigenvalue weighted by atomic mass is 16.5. The van der Waals surface area contributed by atoms with Crippen molar-refractivity contribution in [3.8, 4) is 5.75 Å². The molecule has 1 aromatic carbocycles. The molecule has 98 valence electrons. The fourth-order valence-electron chi connectivity index (χ4n) is 2.81. The summed E-state index contributed by atoms with van der Waals surface area (Å²) in [7, 11) is 1.70. The monoisotopic (exact) mass is 248 g/mol. The minimum absolute atomic E-state index is 0.186. The van der Waals surface area contributed by atoms with E-state index in [-0.39, 0.29) is 6.04 Å². The van der Waals surface area contributed by atoms with Crippen molar-refractivity contribution in [3.63, 3.8) is 0 Å². The minimum atomic E-state index is -0.430. The van der Waals surface area contributed by atoms with E-state index in [1.807, 2.05) is 18.2 Å². The van der Waals surface area contributed by atoms with E-state index in [1.54, 1.807) is 7.11 Å². The van der Waals surface area contributed by atoms with Crippen molar-refractivity contribution in [1.82, 2.24) is 5.32 Å². The van der Waals surface area contributed by atoms with E-state index < -0.39 is 6.03 Å². The predicted molar refractivity (Wildman–Crippen MR) is 70.7 cm³/mol. The van der Waals surface area contributed by atoms with E-state index in [4.69, 9.17) is 10.5 Å². The molecule has 0 saturated heterocycles. The molecule has 0 heterocycles. The molecule has 2 atom stereocenters. The number of hydrogen-bond donors (Lipinski definition) is 2. The van der Waals surface area contributed by atoms with Gasteiger partial charge in [0.25, 0.3) is 0 Å². The number of urea groups is 1. The number of para-hydroxylation sites is 1. The Bertz CT molecular complexity index is 420. The number of primary amides is 1. The van der Waals surface area contributed by atoms with Crippen LogP contribution in [0.4, 0.5) is 4.79 Å². The SMILES string of the molecule is COc1ccccc1C1CCCC(NC(N)=O)C1. The van der Waals surface area contributed by atoms with Crippen molar-refractivity contribution in [2.45, 2.75) is 37.6 Å². The van der Waals surface area contributed by atoms with Crippen LogP contribution in [0.2, 0.25) is 0 Å². The highest BCUT2D eigenvalue weighted by Crippen LogP contribution is 2.37. The summed E-state index contributed by atoms with van der Waals surface area (Å²) in [5, 5.41) is 2.82. The van der Waals surface area contributed by atoms with E-state index in [0.29, 0.717) is 5.92 Å². The maximum absolute atomic E-state index is 10.9. The van der Waals surface area contributed by atoms with Gasteiger partial charge in [0.05, 0.1) is 7.11 Å². The molecule has 0 aromatic heterocycles. The first kappa shape index (κ1) is 12.7. The summed E-state index contributed by atoms with van der Waals surface area (Å²) < 4.78 is 5.40. The number of nitrogens with two attached hydrogens (primary N) is 1. The molecule has 18 heavy (non-hydrogen) atoms. The number of rotatable bonds is 3. The van der Waals surface area contributed by atoms with Gasteiger partial charge in [0.2, 0.25) is 0 Å². The maximum Gasteiger partial charge on any atom is 0.312 e. The van der Waals surface area contributed by atoms with E-state index in [0.717, 1.165) is 31.4 Å². The highest BCUT2D eigenvalue weighted by molar-refractivity contribution is 5.72. The van der Waals surface area contributed by atoms with E-state index in [9.17, 15) is 4.79 Å². The van der Waals surface area contributed by atoms with Gasteiger partial charge in [-0.3, -0.25) is 0 Å². The first-order valence-electron chi connectivity index (χ1n) is 6.39. The highest BCUT2D eigenvalue weighted by Gasteiger charge is 2.25. The van der Waals surface area contributed by atoms with Gasteiger partial charge in [0.1, 0.15) is 5.75 Å². The standard InChI is InChI=1S/C14H20N2O2/c1-18-13-8-3-2-7-12(13)10-5-4-6-11(9-10)16-14(15)17/h2-3,7-8,10-11H,4-6,9H2,1H3,(H3,15,16,17). The van der Waals surface area contributed by atoms with Crippen molar-refractivity contribution < 1.29 is 9.53 Å². The summed E-state index contributed by atoms with van der Waals surface area (Å²) in [5.41, 5.74) is 6.42. The molecule has 0 spiro atoms. The van der Waals surface area contributed by atoms with E-state index >= 15 is 0 Å². The minimum Gasteiger partial charge on any atom is -0.496 e. The zero-order chi connectivity index (χ0) is 13.0. The Balaban J connectivity index is 2.10. The lowest BCUT2D eigenvalue weighted by molar-refractivity contribution is 0.238. The van der Waals surface area contributed by atoms with Crippen molar-refractivity contribution >= 4 is 6.03 Å². The van der Waals surface area contributed by atoms with Crippen LogP contribution in [0.5, 0.6) is 5.75 Å². The van der Waals surface area contributed by atoms with E-state index in [2.05, 4.69) is 11.4 Å². The van der Waals surface area contributed by atoms with Crippen LogP contribution in [-0.2, 0) is 0 Å². The first-order valence-corrected chi connectivity index (χ1v) is 6.39. The van der Waals surface area contributed by atoms with Gasteiger partial charge >= 0.3 is 6.03 Å². The summed E-state index contributed by atoms with van der Waals surface area (Å²) in [6.45, 7) is 0. The Morgan fingerprint density at radius 3 is 2.89 bits per heavy atom. The van der Waals surface area contributed by atoms with Gasteiger partial charge in [0.15, 0.2) is 0 Å². The first-order chi connectivity index (χ1) is 8.70. The second kappa shape index (κ2) is 5.76. The summed E-state index contributed by atoms with van der Waals surface area (Å²) in [4.78, 5) is 10.9. The summed E-state index contributed by atoms with van der Waals surface area (Å²) >= 11 is 0. The zero-order valence-electron chi connectivity index (χ0n) is 10.7. The van der Waals surface area contributed by atoms with Crippen molar-refractivity contribution in [2.75, 3.05) is 7.11 Å². The fraction of sp³-hybridized carbons (Fsp3) is 0.500. The lowest BCUT2D eigenvalue weighted by atomic mass is 9.81. The molecule has 0 radical (unpaired) electrons. The smallest absolute Gasteiger partial charge is 0.312 e. The largest absolute Gasteiger partial charge is 0.496 e. The number of carbonyl (C=O) groups excluding carboxylic acids is 1. The number of amides is 2. The molecular weight excluding hydrogens is 228 g/mol. The quantitative estimate of drug-likeness (QED) is 0.862. The van der Waals surface area contributed by atoms with Gasteiger partial charge in [-0.2, -0.15) is 0 Å². The molecule has 2 amide bonds. The van der Waals surface area contributed by atoms with Crippen LogP contribution in [0.25, 0.3) is 0 Å². The summed E-state index contributed by atoms with van der Waals surface area (Å²) in [5.74, 6) is 1.37. The average molecular weight is 248 g/mol. The Kier molecular flexibility index (Phi) is 4.07. The Morgan fingerprint density at radius 2 is 2.17 bits per heavy atom. The number of nitrogens with one attached hydrogen (secondary N) is 1. The van der Waals surface area contributed by atoms with Gasteiger partial charge in [0, 0.05) is 6.04 Å². The molecule has 1 fully saturated rings. The fourth-order valence-corrected chi connectivity index (χ4v) is 2.81. The van der Waals surface area contributed by atoms with Gasteiger partial charge in [-0.15, -0.1) is 0 Å². The summed E-state index contributed by atoms with van der Waals surface area (Å²) in [6.07, 6.45) is 4.18. The van der Waals surface area contributed by atoms with Crippen LogP contribution in [0, 0.1) is 0 Å². The molecule has 4 nitrogen and oxygen atoms in total. The van der Waals surface area contributed by atoms with Crippen LogP contribution < -0.4 is 15.8 Å². The molecule has 0 aliphatic heterocycles. The summed E-state index contributed by atoms with van der Waals surface area (Å²) in [6, 6.07) is 7.86. The molecule has 4 heteroatoms. The van der Waals surface area contributed by atoms with Crippen LogP contribution in [0.15, 0.2) is 24.3 Å². The third-order valence-electron chi connectivity index (χ3n) is 3.60. The molecule has 0 bridgehead atoms. The molecule has 1 aromatic rings. The van der Waals surface area contributed by atoms with Crippen LogP contribution in [-0.4, -0.2) is 19.2 Å². The van der Waals surface area contributed by atoms with Gasteiger partial charge in [-0.25, -0.2) is 4.79 Å². The number of methoxy groups -OCH3 is 1. The second-order valence-corrected chi connectivity index (χ2v) is 4.81. The number of benzene rings is 1. The van der Waals surface area contributed by atoms with Crippen LogP contribution in [0.3, 0.4) is 0 Å². The number of hydrogen-bond acceptors (Lipinski definition) is 2. The van der Waals surface area contributed by atoms with E-state index in [1.165, 1.54) is 5.56 Å². The maximum atomic E-state index is 10.9. The van der Waals surface area contributed by atoms with Crippen LogP contribution >= 0.6 is 0 Å². The van der Waals surface area contributed by atoms with Gasteiger partial charge < -0.3 is 15.8 Å². The molecule has 2 unspecified atom stereocenters. The predicted octanol–water partition coefficient (Wildman–Crippen LogP) is 2.39. The van der Waals surface area contributed by atoms with Crippen LogP contribution in [0.1, 0.15) is 37.2 Å². The third-order valence-corrected chi connectivity index (χ3v) is 3.60. The van der Waals surface area contributed by atoms with Gasteiger partial charge in [-0.05, 0) is 36.8 Å². The Morgan fingerprint density at radius 1 is 1.39 bits per heavy atom. The van der Waals surface area contributed by atoms with Crippen molar-refractivity contribution in [2.24, 2.45) is 5.73 Å². The Hall–Kier alpha value is -1.71. The topological polar surface area (TPSA) is 64.3 Å². The molecule has 3 N–H and O–H groups in total. The third kappa shape index (κ3) is 2.94. The number of ether oxygens (including phenoxy) is 1. The lowest BCUT2D eigenvalue weighted by Crippen LogP contribution is -2.41. The molecule has 1 saturated carbocycles. The molecular formula is C14H20N2O2. The lowest BCUT2D eigenvalue weighted by Gasteiger charge is -2.30. The van der Waals surface area contributed by atoms with Gasteiger partial charge in [-0.1, -0.05) is 24.6 Å². The average Bonchev–Trinajstić information content (AvgIpc) is 2.38. The number of carbonyl (C=O) groups is 1. The normalized spacial score (nSPS) is 23.4. The molecule has 2 rings (SSSR count). The Labute approximate surface area is 108 Å².